The molecule has 7 nitrogen and oxygen atoms in total. The number of hydrogen-bond acceptors (Lipinski definition) is 4. The lowest BCUT2D eigenvalue weighted by Gasteiger charge is -2.08. The topological polar surface area (TPSA) is 125 Å². The zero-order chi connectivity index (χ0) is 16.2. The Morgan fingerprint density at radius 2 is 1.68 bits per heavy atom. The number of rotatable bonds is 3. The molecule has 0 fully saturated rings. The van der Waals surface area contributed by atoms with Crippen LogP contribution in [0.3, 0.4) is 0 Å². The van der Waals surface area contributed by atoms with Gasteiger partial charge in [0.15, 0.2) is 0 Å². The van der Waals surface area contributed by atoms with Gasteiger partial charge in [-0.05, 0) is 42.5 Å². The lowest BCUT2D eigenvalue weighted by atomic mass is 10.2. The van der Waals surface area contributed by atoms with E-state index in [9.17, 15) is 13.2 Å². The number of nitrogens with one attached hydrogen (secondary N) is 2. The second-order valence-corrected chi connectivity index (χ2v) is 5.90. The van der Waals surface area contributed by atoms with Crippen LogP contribution in [0.4, 0.5) is 16.2 Å². The molecule has 0 bridgehead atoms. The third-order valence-electron chi connectivity index (χ3n) is 2.69. The fourth-order valence-electron chi connectivity index (χ4n) is 1.69. The molecule has 0 radical (unpaired) electrons. The van der Waals surface area contributed by atoms with Crippen molar-refractivity contribution in [2.75, 3.05) is 10.6 Å². The summed E-state index contributed by atoms with van der Waals surface area (Å²) in [6.07, 6.45) is 0. The van der Waals surface area contributed by atoms with Crippen LogP contribution in [0, 0.1) is 11.3 Å². The number of carbonyl (C=O) groups excluding carboxylic acids is 1. The minimum absolute atomic E-state index is 0.0415. The summed E-state index contributed by atoms with van der Waals surface area (Å²) in [5.74, 6) is 0. The fourth-order valence-corrected chi connectivity index (χ4v) is 2.20. The number of nitriles is 1. The van der Waals surface area contributed by atoms with Crippen molar-refractivity contribution >= 4 is 27.4 Å². The van der Waals surface area contributed by atoms with E-state index in [2.05, 4.69) is 10.6 Å². The van der Waals surface area contributed by atoms with E-state index in [1.54, 1.807) is 18.2 Å². The zero-order valence-corrected chi connectivity index (χ0v) is 12.1. The largest absolute Gasteiger partial charge is 0.323 e. The van der Waals surface area contributed by atoms with Crippen LogP contribution in [0.25, 0.3) is 0 Å². The smallest absolute Gasteiger partial charge is 0.308 e. The maximum atomic E-state index is 11.8. The predicted molar refractivity (Wildman–Crippen MR) is 81.6 cm³/mol. The average molecular weight is 316 g/mol. The molecule has 112 valence electrons. The molecule has 0 heterocycles. The van der Waals surface area contributed by atoms with Gasteiger partial charge in [0.25, 0.3) is 0 Å². The normalized spacial score (nSPS) is 10.5. The van der Waals surface area contributed by atoms with Crippen LogP contribution in [0.15, 0.2) is 53.4 Å². The van der Waals surface area contributed by atoms with Gasteiger partial charge < -0.3 is 10.6 Å². The Morgan fingerprint density at radius 1 is 1.05 bits per heavy atom. The Bertz CT molecular complexity index is 839. The van der Waals surface area contributed by atoms with Crippen LogP contribution >= 0.6 is 0 Å². The van der Waals surface area contributed by atoms with Gasteiger partial charge in [-0.1, -0.05) is 6.07 Å². The molecule has 8 heteroatoms. The highest BCUT2D eigenvalue weighted by Crippen LogP contribution is 2.14. The van der Waals surface area contributed by atoms with E-state index in [1.807, 2.05) is 6.07 Å². The minimum atomic E-state index is -3.76. The number of hydrogen-bond donors (Lipinski definition) is 3. The van der Waals surface area contributed by atoms with E-state index in [1.165, 1.54) is 30.3 Å². The number of urea groups is 1. The monoisotopic (exact) mass is 316 g/mol. The Labute approximate surface area is 127 Å². The second-order valence-electron chi connectivity index (χ2n) is 4.34. The lowest BCUT2D eigenvalue weighted by Crippen LogP contribution is -2.19. The van der Waals surface area contributed by atoms with Gasteiger partial charge in [0.1, 0.15) is 0 Å². The number of anilines is 2. The second kappa shape index (κ2) is 6.26. The van der Waals surface area contributed by atoms with Crippen molar-refractivity contribution in [3.63, 3.8) is 0 Å². The maximum absolute atomic E-state index is 11.8. The van der Waals surface area contributed by atoms with E-state index >= 15 is 0 Å². The number of benzene rings is 2. The number of carbonyl (C=O) groups is 1. The summed E-state index contributed by atoms with van der Waals surface area (Å²) < 4.78 is 22.2. The number of nitrogens with two attached hydrogens (primary N) is 1. The molecule has 0 atom stereocenters. The molecule has 0 spiro atoms. The molecule has 0 aromatic heterocycles. The molecule has 0 aliphatic carbocycles. The third kappa shape index (κ3) is 4.05. The molecule has 0 aliphatic rings. The number of primary sulfonamides is 1. The highest BCUT2D eigenvalue weighted by Gasteiger charge is 2.08. The van der Waals surface area contributed by atoms with E-state index in [0.29, 0.717) is 16.9 Å². The molecule has 0 unspecified atom stereocenters. The molecule has 4 N–H and O–H groups in total. The van der Waals surface area contributed by atoms with E-state index < -0.39 is 16.1 Å². The molecule has 0 saturated heterocycles. The van der Waals surface area contributed by atoms with E-state index in [0.717, 1.165) is 0 Å². The first-order valence-corrected chi connectivity index (χ1v) is 7.64. The van der Waals surface area contributed by atoms with Gasteiger partial charge in [-0.15, -0.1) is 0 Å². The molecule has 0 saturated carbocycles. The van der Waals surface area contributed by atoms with Gasteiger partial charge in [-0.2, -0.15) is 5.26 Å². The first-order valence-electron chi connectivity index (χ1n) is 6.09. The number of sulfonamides is 1. The average Bonchev–Trinajstić information content (AvgIpc) is 2.47. The summed E-state index contributed by atoms with van der Waals surface area (Å²) in [4.78, 5) is 11.8. The van der Waals surface area contributed by atoms with Crippen molar-refractivity contribution in [2.45, 2.75) is 4.90 Å². The Morgan fingerprint density at radius 3 is 2.27 bits per heavy atom. The first kappa shape index (κ1) is 15.5. The number of amides is 2. The summed E-state index contributed by atoms with van der Waals surface area (Å²) in [6, 6.07) is 13.3. The van der Waals surface area contributed by atoms with Gasteiger partial charge >= 0.3 is 6.03 Å². The van der Waals surface area contributed by atoms with Gasteiger partial charge in [-0.3, -0.25) is 0 Å². The predicted octanol–water partition coefficient (Wildman–Crippen LogP) is 1.85. The van der Waals surface area contributed by atoms with Crippen LogP contribution in [0.2, 0.25) is 0 Å². The lowest BCUT2D eigenvalue weighted by molar-refractivity contribution is 0.262. The van der Waals surface area contributed by atoms with Crippen molar-refractivity contribution < 1.29 is 13.2 Å². The maximum Gasteiger partial charge on any atom is 0.323 e. The number of nitrogens with zero attached hydrogens (tertiary/aromatic N) is 1. The SMILES string of the molecule is N#Cc1cccc(NC(=O)Nc2ccc(S(N)(=O)=O)cc2)c1. The fraction of sp³-hybridized carbons (Fsp3) is 0. The highest BCUT2D eigenvalue weighted by molar-refractivity contribution is 7.89. The van der Waals surface area contributed by atoms with Crippen molar-refractivity contribution in [2.24, 2.45) is 5.14 Å². The molecule has 2 rings (SSSR count). The zero-order valence-electron chi connectivity index (χ0n) is 11.3. The summed E-state index contributed by atoms with van der Waals surface area (Å²) in [7, 11) is -3.76. The van der Waals surface area contributed by atoms with Gasteiger partial charge in [0.05, 0.1) is 16.5 Å². The van der Waals surface area contributed by atoms with Crippen LogP contribution in [0.1, 0.15) is 5.56 Å². The van der Waals surface area contributed by atoms with E-state index in [4.69, 9.17) is 10.4 Å². The van der Waals surface area contributed by atoms with E-state index in [-0.39, 0.29) is 4.90 Å². The summed E-state index contributed by atoms with van der Waals surface area (Å²) in [6.45, 7) is 0. The van der Waals surface area contributed by atoms with Crippen molar-refractivity contribution in [1.82, 2.24) is 0 Å². The quantitative estimate of drug-likeness (QED) is 0.799. The minimum Gasteiger partial charge on any atom is -0.308 e. The third-order valence-corrected chi connectivity index (χ3v) is 3.62. The Balaban J connectivity index is 2.04. The van der Waals surface area contributed by atoms with Crippen molar-refractivity contribution in [3.8, 4) is 6.07 Å². The van der Waals surface area contributed by atoms with Gasteiger partial charge in [0.2, 0.25) is 10.0 Å². The van der Waals surface area contributed by atoms with Gasteiger partial charge in [-0.25, -0.2) is 18.4 Å². The highest BCUT2D eigenvalue weighted by atomic mass is 32.2. The summed E-state index contributed by atoms with van der Waals surface area (Å²) >= 11 is 0. The van der Waals surface area contributed by atoms with Crippen LogP contribution in [-0.4, -0.2) is 14.4 Å². The van der Waals surface area contributed by atoms with Crippen molar-refractivity contribution in [1.29, 1.82) is 5.26 Å². The van der Waals surface area contributed by atoms with Crippen LogP contribution in [-0.2, 0) is 10.0 Å². The summed E-state index contributed by atoms with van der Waals surface area (Å²) in [5, 5.41) is 18.9. The van der Waals surface area contributed by atoms with Crippen molar-refractivity contribution in [3.05, 3.63) is 54.1 Å². The molecule has 22 heavy (non-hydrogen) atoms. The molecule has 2 aromatic carbocycles. The molecule has 2 amide bonds. The van der Waals surface area contributed by atoms with Crippen LogP contribution in [0.5, 0.6) is 0 Å². The van der Waals surface area contributed by atoms with Gasteiger partial charge in [0, 0.05) is 11.4 Å². The van der Waals surface area contributed by atoms with Crippen LogP contribution < -0.4 is 15.8 Å². The standard InChI is InChI=1S/C14H12N4O3S/c15-9-10-2-1-3-12(8-10)18-14(19)17-11-4-6-13(7-5-11)22(16,20)21/h1-8H,(H2,16,20,21)(H2,17,18,19). The molecule has 0 aliphatic heterocycles. The first-order chi connectivity index (χ1) is 10.4. The molecular weight excluding hydrogens is 304 g/mol. The molecular formula is C14H12N4O3S. The Kier molecular flexibility index (Phi) is 4.41. The Hall–Kier alpha value is -2.89. The summed E-state index contributed by atoms with van der Waals surface area (Å²) in [5.41, 5.74) is 1.30. The molecule has 2 aromatic rings.